The Hall–Kier alpha value is -3.79. The molecule has 0 unspecified atom stereocenters. The van der Waals surface area contributed by atoms with Crippen LogP contribution in [0.25, 0.3) is 22.0 Å². The Balaban J connectivity index is 2.14. The lowest BCUT2D eigenvalue weighted by molar-refractivity contribution is -0.386. The summed E-state index contributed by atoms with van der Waals surface area (Å²) in [5, 5.41) is 21.3. The molecule has 11 heteroatoms. The molecule has 3 aromatic rings. The number of hydrogen-bond acceptors (Lipinski definition) is 8. The van der Waals surface area contributed by atoms with Gasteiger partial charge in [-0.3, -0.25) is 14.9 Å². The predicted octanol–water partition coefficient (Wildman–Crippen LogP) is 3.30. The van der Waals surface area contributed by atoms with Crippen LogP contribution in [0.3, 0.4) is 0 Å². The van der Waals surface area contributed by atoms with Crippen molar-refractivity contribution in [2.45, 2.75) is 0 Å². The lowest BCUT2D eigenvalue weighted by atomic mass is 10.1. The maximum atomic E-state index is 12.5. The van der Waals surface area contributed by atoms with Gasteiger partial charge >= 0.3 is 5.69 Å². The number of nitrogens with zero attached hydrogens (tertiary/aromatic N) is 2. The second-order valence-corrected chi connectivity index (χ2v) is 6.39. The van der Waals surface area contributed by atoms with Gasteiger partial charge < -0.3 is 24.3 Å². The van der Waals surface area contributed by atoms with Crippen LogP contribution in [0.1, 0.15) is 11.4 Å². The third-order valence-electron chi connectivity index (χ3n) is 4.22. The summed E-state index contributed by atoms with van der Waals surface area (Å²) >= 11 is 6.31. The van der Waals surface area contributed by atoms with Crippen LogP contribution in [0.15, 0.2) is 29.1 Å². The first kappa shape index (κ1) is 20.9. The minimum Gasteiger partial charge on any atom is -0.500 e. The average molecular weight is 434 g/mol. The number of fused-ring (bicyclic) bond motifs is 1. The van der Waals surface area contributed by atoms with Gasteiger partial charge in [-0.2, -0.15) is 0 Å². The van der Waals surface area contributed by atoms with Crippen LogP contribution in [0, 0.1) is 10.1 Å². The van der Waals surface area contributed by atoms with Crippen molar-refractivity contribution in [3.8, 4) is 23.0 Å². The molecule has 3 rings (SSSR count). The maximum absolute atomic E-state index is 12.5. The van der Waals surface area contributed by atoms with Crippen LogP contribution in [-0.2, 0) is 0 Å². The number of rotatable bonds is 6. The van der Waals surface area contributed by atoms with Gasteiger partial charge in [-0.15, -0.1) is 0 Å². The molecule has 2 N–H and O–H groups in total. The first-order chi connectivity index (χ1) is 14.3. The van der Waals surface area contributed by atoms with Crippen molar-refractivity contribution in [1.82, 2.24) is 9.97 Å². The van der Waals surface area contributed by atoms with E-state index in [1.165, 1.54) is 45.6 Å². The second kappa shape index (κ2) is 8.29. The highest BCUT2D eigenvalue weighted by molar-refractivity contribution is 6.50. The first-order valence-corrected chi connectivity index (χ1v) is 8.75. The molecule has 0 atom stereocenters. The molecule has 0 aliphatic carbocycles. The minimum atomic E-state index is -0.751. The van der Waals surface area contributed by atoms with E-state index in [4.69, 9.17) is 25.8 Å². The molecule has 0 spiro atoms. The number of nitrogens with one attached hydrogen (secondary N) is 1. The monoisotopic (exact) mass is 433 g/mol. The molecule has 30 heavy (non-hydrogen) atoms. The number of nitro groups is 1. The number of phenols is 1. The zero-order chi connectivity index (χ0) is 22.0. The Bertz CT molecular complexity index is 1240. The summed E-state index contributed by atoms with van der Waals surface area (Å²) in [6.45, 7) is 0. The summed E-state index contributed by atoms with van der Waals surface area (Å²) in [6, 6.07) is 5.51. The molecule has 0 aliphatic heterocycles. The van der Waals surface area contributed by atoms with E-state index in [1.807, 2.05) is 0 Å². The summed E-state index contributed by atoms with van der Waals surface area (Å²) in [4.78, 5) is 29.8. The van der Waals surface area contributed by atoms with Gasteiger partial charge in [0.2, 0.25) is 5.75 Å². The highest BCUT2D eigenvalue weighted by Gasteiger charge is 2.20. The molecule has 0 radical (unpaired) electrons. The Morgan fingerprint density at radius 1 is 1.13 bits per heavy atom. The van der Waals surface area contributed by atoms with E-state index in [1.54, 1.807) is 0 Å². The van der Waals surface area contributed by atoms with Gasteiger partial charge in [0.1, 0.15) is 0 Å². The summed E-state index contributed by atoms with van der Waals surface area (Å²) in [7, 11) is 4.16. The Morgan fingerprint density at radius 3 is 2.37 bits per heavy atom. The summed E-state index contributed by atoms with van der Waals surface area (Å²) in [5.41, 5.74) is -0.442. The quantitative estimate of drug-likeness (QED) is 0.446. The fraction of sp³-hybridized carbons (Fsp3) is 0.158. The van der Waals surface area contributed by atoms with E-state index in [0.717, 1.165) is 6.07 Å². The van der Waals surface area contributed by atoms with Crippen LogP contribution >= 0.6 is 11.6 Å². The number of nitro benzene ring substituents is 1. The van der Waals surface area contributed by atoms with Crippen LogP contribution < -0.4 is 19.8 Å². The third kappa shape index (κ3) is 3.85. The third-order valence-corrected chi connectivity index (χ3v) is 4.51. The number of aromatic nitrogens is 2. The van der Waals surface area contributed by atoms with Gasteiger partial charge in [-0.1, -0.05) is 11.6 Å². The van der Waals surface area contributed by atoms with Crippen molar-refractivity contribution >= 4 is 39.3 Å². The molecule has 10 nitrogen and oxygen atoms in total. The molecule has 156 valence electrons. The number of benzene rings is 2. The molecule has 0 fully saturated rings. The van der Waals surface area contributed by atoms with Crippen molar-refractivity contribution in [3.05, 3.63) is 56.1 Å². The summed E-state index contributed by atoms with van der Waals surface area (Å²) < 4.78 is 15.4. The van der Waals surface area contributed by atoms with Crippen LogP contribution in [0.2, 0.25) is 0 Å². The molecule has 0 bridgehead atoms. The number of aromatic amines is 1. The number of halogens is 1. The fourth-order valence-electron chi connectivity index (χ4n) is 2.79. The van der Waals surface area contributed by atoms with Crippen molar-refractivity contribution in [2.24, 2.45) is 0 Å². The number of methoxy groups -OCH3 is 3. The lowest BCUT2D eigenvalue weighted by Crippen LogP contribution is -2.11. The summed E-state index contributed by atoms with van der Waals surface area (Å²) in [6.07, 6.45) is 1.35. The van der Waals surface area contributed by atoms with E-state index in [0.29, 0.717) is 17.0 Å². The van der Waals surface area contributed by atoms with Crippen LogP contribution in [-0.4, -0.2) is 41.3 Å². The van der Waals surface area contributed by atoms with Gasteiger partial charge in [0, 0.05) is 12.1 Å². The standard InChI is InChI=1S/C19H16ClN3O7/c1-28-14-7-10-12(8-15(14)29-2)21-18(22-19(10)25)11(20)4-9-5-13(23(26)27)17(24)16(6-9)30-3/h4-8,24H,1-3H3,(H,21,22,25)/b11-4-. The fourth-order valence-corrected chi connectivity index (χ4v) is 3.00. The van der Waals surface area contributed by atoms with Crippen LogP contribution in [0.4, 0.5) is 5.69 Å². The van der Waals surface area contributed by atoms with E-state index in [2.05, 4.69) is 9.97 Å². The van der Waals surface area contributed by atoms with Crippen molar-refractivity contribution in [2.75, 3.05) is 21.3 Å². The molecule has 0 aliphatic rings. The maximum Gasteiger partial charge on any atom is 0.315 e. The Kier molecular flexibility index (Phi) is 5.79. The number of hydrogen-bond donors (Lipinski definition) is 2. The van der Waals surface area contributed by atoms with Gasteiger partial charge in [-0.25, -0.2) is 4.98 Å². The van der Waals surface area contributed by atoms with Gasteiger partial charge in [0.15, 0.2) is 23.1 Å². The smallest absolute Gasteiger partial charge is 0.315 e. The number of H-pyrrole nitrogens is 1. The highest BCUT2D eigenvalue weighted by atomic mass is 35.5. The molecule has 0 saturated carbocycles. The van der Waals surface area contributed by atoms with Crippen molar-refractivity contribution in [1.29, 1.82) is 0 Å². The van der Waals surface area contributed by atoms with Crippen molar-refractivity contribution in [3.63, 3.8) is 0 Å². The van der Waals surface area contributed by atoms with E-state index < -0.39 is 21.9 Å². The second-order valence-electron chi connectivity index (χ2n) is 5.98. The van der Waals surface area contributed by atoms with Gasteiger partial charge in [-0.05, 0) is 23.8 Å². The summed E-state index contributed by atoms with van der Waals surface area (Å²) in [5.74, 6) is 0.0880. The molecule has 1 heterocycles. The normalized spacial score (nSPS) is 11.4. The van der Waals surface area contributed by atoms with Crippen molar-refractivity contribution < 1.29 is 24.2 Å². The largest absolute Gasteiger partial charge is 0.500 e. The van der Waals surface area contributed by atoms with Crippen LogP contribution in [0.5, 0.6) is 23.0 Å². The van der Waals surface area contributed by atoms with Gasteiger partial charge in [0.25, 0.3) is 5.56 Å². The zero-order valence-electron chi connectivity index (χ0n) is 16.1. The highest BCUT2D eigenvalue weighted by Crippen LogP contribution is 2.38. The molecule has 2 aromatic carbocycles. The first-order valence-electron chi connectivity index (χ1n) is 8.38. The zero-order valence-corrected chi connectivity index (χ0v) is 16.8. The Labute approximate surface area is 174 Å². The van der Waals surface area contributed by atoms with E-state index in [-0.39, 0.29) is 27.6 Å². The molecule has 1 aromatic heterocycles. The number of phenolic OH excluding ortho intramolecular Hbond substituents is 1. The molecule has 0 amide bonds. The topological polar surface area (TPSA) is 137 Å². The lowest BCUT2D eigenvalue weighted by Gasteiger charge is -2.09. The number of ether oxygens (including phenoxy) is 3. The van der Waals surface area contributed by atoms with E-state index >= 15 is 0 Å². The molecule has 0 saturated heterocycles. The molecular formula is C19H16ClN3O7. The predicted molar refractivity (Wildman–Crippen MR) is 111 cm³/mol. The Morgan fingerprint density at radius 2 is 1.77 bits per heavy atom. The number of aromatic hydroxyl groups is 1. The van der Waals surface area contributed by atoms with Gasteiger partial charge in [0.05, 0.1) is 42.2 Å². The van der Waals surface area contributed by atoms with E-state index in [9.17, 15) is 20.0 Å². The molecular weight excluding hydrogens is 418 g/mol. The minimum absolute atomic E-state index is 0.00539. The average Bonchev–Trinajstić information content (AvgIpc) is 2.73. The SMILES string of the molecule is COc1cc2nc(/C(Cl)=C/c3cc(OC)c(O)c([N+](=O)[O-])c3)[nH]c(=O)c2cc1OC.